The van der Waals surface area contributed by atoms with Crippen LogP contribution in [0.3, 0.4) is 0 Å². The van der Waals surface area contributed by atoms with Crippen molar-refractivity contribution in [1.82, 2.24) is 9.62 Å². The van der Waals surface area contributed by atoms with E-state index in [1.54, 1.807) is 13.8 Å². The van der Waals surface area contributed by atoms with Crippen LogP contribution in [-0.2, 0) is 14.8 Å². The molecule has 1 aliphatic heterocycles. The van der Waals surface area contributed by atoms with Gasteiger partial charge in [0.25, 0.3) is 0 Å². The highest BCUT2D eigenvalue weighted by Gasteiger charge is 2.31. The molecule has 2 rings (SSSR count). The van der Waals surface area contributed by atoms with Crippen molar-refractivity contribution in [3.63, 3.8) is 0 Å². The van der Waals surface area contributed by atoms with Gasteiger partial charge in [0.15, 0.2) is 0 Å². The molecule has 0 radical (unpaired) electrons. The van der Waals surface area contributed by atoms with Gasteiger partial charge in [0.05, 0.1) is 4.90 Å². The molecular formula is C16H21F3N2O3S2. The van der Waals surface area contributed by atoms with Gasteiger partial charge in [0, 0.05) is 29.9 Å². The maximum atomic E-state index is 12.6. The molecule has 1 N–H and O–H groups in total. The average Bonchev–Trinajstić information content (AvgIpc) is 2.54. The number of amides is 1. The number of rotatable bonds is 5. The summed E-state index contributed by atoms with van der Waals surface area (Å²) >= 11 is -0.285. The monoisotopic (exact) mass is 410 g/mol. The maximum Gasteiger partial charge on any atom is 0.446 e. The van der Waals surface area contributed by atoms with E-state index in [9.17, 15) is 26.4 Å². The third-order valence-electron chi connectivity index (χ3n) is 4.02. The highest BCUT2D eigenvalue weighted by molar-refractivity contribution is 8.00. The van der Waals surface area contributed by atoms with Crippen LogP contribution < -0.4 is 5.32 Å². The molecule has 10 heteroatoms. The standard InChI is InChI=1S/C16H21F3N2O3S2/c1-11(2)15(22)20-12-7-9-21(10-8-12)26(23,24)14-5-3-13(4-6-14)25-16(17,18)19/h3-6,11-12H,7-10H2,1-2H3,(H,20,22). The smallest absolute Gasteiger partial charge is 0.353 e. The number of carbonyl (C=O) groups excluding carboxylic acids is 1. The number of nitrogens with zero attached hydrogens (tertiary/aromatic N) is 1. The van der Waals surface area contributed by atoms with Crippen LogP contribution in [0.1, 0.15) is 26.7 Å². The van der Waals surface area contributed by atoms with E-state index in [4.69, 9.17) is 0 Å². The van der Waals surface area contributed by atoms with Crippen LogP contribution in [0.25, 0.3) is 0 Å². The first-order chi connectivity index (χ1) is 12.0. The molecule has 0 bridgehead atoms. The first-order valence-electron chi connectivity index (χ1n) is 8.15. The molecule has 0 spiro atoms. The Morgan fingerprint density at radius 1 is 1.19 bits per heavy atom. The molecule has 1 heterocycles. The van der Waals surface area contributed by atoms with Crippen molar-refractivity contribution in [3.8, 4) is 0 Å². The van der Waals surface area contributed by atoms with Crippen molar-refractivity contribution in [2.24, 2.45) is 5.92 Å². The number of piperidine rings is 1. The lowest BCUT2D eigenvalue weighted by atomic mass is 10.1. The van der Waals surface area contributed by atoms with Crippen LogP contribution in [0.5, 0.6) is 0 Å². The van der Waals surface area contributed by atoms with Crippen molar-refractivity contribution in [3.05, 3.63) is 24.3 Å². The molecule has 1 saturated heterocycles. The molecule has 0 unspecified atom stereocenters. The van der Waals surface area contributed by atoms with E-state index in [0.29, 0.717) is 12.8 Å². The molecule has 5 nitrogen and oxygen atoms in total. The summed E-state index contributed by atoms with van der Waals surface area (Å²) in [6.45, 7) is 4.08. The summed E-state index contributed by atoms with van der Waals surface area (Å²) in [6.07, 6.45) is 0.999. The summed E-state index contributed by atoms with van der Waals surface area (Å²) in [5, 5.41) is 2.89. The Morgan fingerprint density at radius 2 is 1.73 bits per heavy atom. The zero-order valence-electron chi connectivity index (χ0n) is 14.4. The summed E-state index contributed by atoms with van der Waals surface area (Å²) in [6, 6.07) is 4.62. The SMILES string of the molecule is CC(C)C(=O)NC1CCN(S(=O)(=O)c2ccc(SC(F)(F)F)cc2)CC1. The van der Waals surface area contributed by atoms with Gasteiger partial charge in [-0.2, -0.15) is 17.5 Å². The second-order valence-electron chi connectivity index (χ2n) is 6.36. The lowest BCUT2D eigenvalue weighted by Gasteiger charge is -2.32. The fourth-order valence-corrected chi connectivity index (χ4v) is 4.58. The zero-order chi connectivity index (χ0) is 19.5. The van der Waals surface area contributed by atoms with Gasteiger partial charge < -0.3 is 5.32 Å². The Kier molecular flexibility index (Phi) is 6.62. The van der Waals surface area contributed by atoms with Crippen molar-refractivity contribution in [2.75, 3.05) is 13.1 Å². The molecule has 0 aromatic heterocycles. The molecule has 1 aliphatic rings. The fourth-order valence-electron chi connectivity index (χ4n) is 2.57. The quantitative estimate of drug-likeness (QED) is 0.757. The van der Waals surface area contributed by atoms with Gasteiger partial charge in [0.2, 0.25) is 15.9 Å². The first kappa shape index (κ1) is 21.0. The van der Waals surface area contributed by atoms with E-state index in [1.165, 1.54) is 16.4 Å². The lowest BCUT2D eigenvalue weighted by Crippen LogP contribution is -2.47. The molecule has 1 fully saturated rings. The molecule has 0 atom stereocenters. The van der Waals surface area contributed by atoms with Gasteiger partial charge in [0.1, 0.15) is 0 Å². The van der Waals surface area contributed by atoms with Crippen LogP contribution in [0.2, 0.25) is 0 Å². The topological polar surface area (TPSA) is 66.5 Å². The average molecular weight is 410 g/mol. The molecular weight excluding hydrogens is 389 g/mol. The van der Waals surface area contributed by atoms with Crippen molar-refractivity contribution in [1.29, 1.82) is 0 Å². The predicted molar refractivity (Wildman–Crippen MR) is 93.1 cm³/mol. The van der Waals surface area contributed by atoms with E-state index >= 15 is 0 Å². The largest absolute Gasteiger partial charge is 0.446 e. The van der Waals surface area contributed by atoms with Gasteiger partial charge >= 0.3 is 5.51 Å². The summed E-state index contributed by atoms with van der Waals surface area (Å²) in [4.78, 5) is 11.6. The number of benzene rings is 1. The summed E-state index contributed by atoms with van der Waals surface area (Å²) < 4.78 is 63.6. The van der Waals surface area contributed by atoms with E-state index in [0.717, 1.165) is 12.1 Å². The maximum absolute atomic E-state index is 12.6. The molecule has 1 aromatic rings. The summed E-state index contributed by atoms with van der Waals surface area (Å²) in [5.74, 6) is -0.200. The second kappa shape index (κ2) is 8.18. The van der Waals surface area contributed by atoms with E-state index < -0.39 is 15.5 Å². The number of alkyl halides is 3. The van der Waals surface area contributed by atoms with Crippen LogP contribution in [0, 0.1) is 5.92 Å². The van der Waals surface area contributed by atoms with Gasteiger partial charge in [-0.1, -0.05) is 13.8 Å². The molecule has 0 aliphatic carbocycles. The fraction of sp³-hybridized carbons (Fsp3) is 0.562. The Labute approximate surface area is 155 Å². The zero-order valence-corrected chi connectivity index (χ0v) is 16.0. The van der Waals surface area contributed by atoms with Crippen LogP contribution >= 0.6 is 11.8 Å². The van der Waals surface area contributed by atoms with E-state index in [2.05, 4.69) is 5.32 Å². The minimum Gasteiger partial charge on any atom is -0.353 e. The van der Waals surface area contributed by atoms with Crippen molar-refractivity contribution in [2.45, 2.75) is 48.0 Å². The van der Waals surface area contributed by atoms with Crippen molar-refractivity contribution < 1.29 is 26.4 Å². The number of hydrogen-bond acceptors (Lipinski definition) is 4. The molecule has 26 heavy (non-hydrogen) atoms. The third kappa shape index (κ3) is 5.62. The molecule has 1 amide bonds. The number of sulfonamides is 1. The van der Waals surface area contributed by atoms with Gasteiger partial charge in [-0.25, -0.2) is 8.42 Å². The molecule has 146 valence electrons. The number of hydrogen-bond donors (Lipinski definition) is 1. The van der Waals surface area contributed by atoms with Gasteiger partial charge in [-0.3, -0.25) is 4.79 Å². The number of carbonyl (C=O) groups is 1. The predicted octanol–water partition coefficient (Wildman–Crippen LogP) is 3.22. The second-order valence-corrected chi connectivity index (χ2v) is 9.44. The molecule has 0 saturated carbocycles. The first-order valence-corrected chi connectivity index (χ1v) is 10.4. The normalized spacial score (nSPS) is 17.5. The Balaban J connectivity index is 1.99. The number of nitrogens with one attached hydrogen (secondary N) is 1. The third-order valence-corrected chi connectivity index (χ3v) is 6.67. The van der Waals surface area contributed by atoms with Crippen LogP contribution in [0.15, 0.2) is 34.1 Å². The Hall–Kier alpha value is -1.26. The Bertz CT molecular complexity index is 726. The number of thioether (sulfide) groups is 1. The highest BCUT2D eigenvalue weighted by Crippen LogP contribution is 2.37. The van der Waals surface area contributed by atoms with Gasteiger partial charge in [-0.15, -0.1) is 0 Å². The van der Waals surface area contributed by atoms with E-state index in [-0.39, 0.29) is 52.5 Å². The minimum absolute atomic E-state index is 0.0336. The minimum atomic E-state index is -4.41. The van der Waals surface area contributed by atoms with Crippen LogP contribution in [-0.4, -0.2) is 43.3 Å². The summed E-state index contributed by atoms with van der Waals surface area (Å²) in [7, 11) is -3.76. The lowest BCUT2D eigenvalue weighted by molar-refractivity contribution is -0.124. The van der Waals surface area contributed by atoms with E-state index in [1.807, 2.05) is 0 Å². The van der Waals surface area contributed by atoms with Crippen molar-refractivity contribution >= 4 is 27.7 Å². The molecule has 1 aromatic carbocycles. The number of halogens is 3. The Morgan fingerprint density at radius 3 is 2.19 bits per heavy atom. The highest BCUT2D eigenvalue weighted by atomic mass is 32.2. The van der Waals surface area contributed by atoms with Gasteiger partial charge in [-0.05, 0) is 48.9 Å². The van der Waals surface area contributed by atoms with Crippen LogP contribution in [0.4, 0.5) is 13.2 Å². The summed E-state index contributed by atoms with van der Waals surface area (Å²) in [5.41, 5.74) is -4.41.